The molecule has 0 amide bonds. The number of hydrogen-bond acceptors (Lipinski definition) is 7. The minimum atomic E-state index is 0.0966. The summed E-state index contributed by atoms with van der Waals surface area (Å²) in [6, 6.07) is 17.3. The third-order valence-electron chi connectivity index (χ3n) is 4.27. The highest BCUT2D eigenvalue weighted by atomic mass is 32.2. The molecule has 0 unspecified atom stereocenters. The van der Waals surface area contributed by atoms with Gasteiger partial charge in [0.1, 0.15) is 34.3 Å². The van der Waals surface area contributed by atoms with Crippen LogP contribution in [-0.4, -0.2) is 9.97 Å². The number of aromatic nitrogens is 2. The van der Waals surface area contributed by atoms with Crippen LogP contribution in [-0.2, 0) is 5.75 Å². The van der Waals surface area contributed by atoms with Crippen molar-refractivity contribution in [3.8, 4) is 23.3 Å². The molecular formula is C21H13N5OS. The van der Waals surface area contributed by atoms with Gasteiger partial charge in [-0.3, -0.25) is 4.98 Å². The van der Waals surface area contributed by atoms with Crippen LogP contribution in [0.15, 0.2) is 64.4 Å². The second-order valence-corrected chi connectivity index (χ2v) is 6.86. The summed E-state index contributed by atoms with van der Waals surface area (Å²) < 4.78 is 5.35. The number of para-hydroxylation sites is 1. The van der Waals surface area contributed by atoms with E-state index in [9.17, 15) is 10.5 Å². The lowest BCUT2D eigenvalue weighted by molar-refractivity contribution is 0.530. The highest BCUT2D eigenvalue weighted by Crippen LogP contribution is 2.38. The summed E-state index contributed by atoms with van der Waals surface area (Å²) in [7, 11) is 0. The van der Waals surface area contributed by atoms with Crippen LogP contribution in [0.5, 0.6) is 0 Å². The first-order valence-corrected chi connectivity index (χ1v) is 9.34. The lowest BCUT2D eigenvalue weighted by Crippen LogP contribution is -2.04. The van der Waals surface area contributed by atoms with Gasteiger partial charge in [-0.25, -0.2) is 4.98 Å². The van der Waals surface area contributed by atoms with E-state index >= 15 is 0 Å². The highest BCUT2D eigenvalue weighted by Gasteiger charge is 2.22. The number of nitrogen functional groups attached to an aromatic ring is 1. The molecule has 1 aromatic carbocycles. The summed E-state index contributed by atoms with van der Waals surface area (Å²) in [4.78, 5) is 8.68. The predicted molar refractivity (Wildman–Crippen MR) is 107 cm³/mol. The average molecular weight is 383 g/mol. The monoisotopic (exact) mass is 383 g/mol. The number of nitriles is 2. The predicted octanol–water partition coefficient (Wildman–Crippen LogP) is 4.51. The van der Waals surface area contributed by atoms with Crippen LogP contribution in [0.1, 0.15) is 16.9 Å². The summed E-state index contributed by atoms with van der Waals surface area (Å²) in [6.07, 6.45) is 3.25. The SMILES string of the molecule is N#Cc1c(N)nc(SCc2ccco2)c(C#N)c1-c1ccnc2ccccc12. The summed E-state index contributed by atoms with van der Waals surface area (Å²) in [5, 5.41) is 20.9. The van der Waals surface area contributed by atoms with E-state index in [1.54, 1.807) is 24.6 Å². The molecule has 134 valence electrons. The number of thioether (sulfide) groups is 1. The topological polar surface area (TPSA) is 113 Å². The number of rotatable bonds is 4. The van der Waals surface area contributed by atoms with E-state index in [0.717, 1.165) is 22.2 Å². The number of anilines is 1. The number of fused-ring (bicyclic) bond motifs is 1. The molecule has 0 bridgehead atoms. The van der Waals surface area contributed by atoms with Crippen molar-refractivity contribution in [2.75, 3.05) is 5.73 Å². The van der Waals surface area contributed by atoms with E-state index in [2.05, 4.69) is 22.1 Å². The smallest absolute Gasteiger partial charge is 0.143 e. The number of hydrogen-bond donors (Lipinski definition) is 1. The van der Waals surface area contributed by atoms with E-state index < -0.39 is 0 Å². The van der Waals surface area contributed by atoms with Crippen molar-refractivity contribution in [1.29, 1.82) is 10.5 Å². The maximum absolute atomic E-state index is 9.91. The molecule has 0 fully saturated rings. The number of furan rings is 1. The van der Waals surface area contributed by atoms with Gasteiger partial charge in [-0.2, -0.15) is 10.5 Å². The molecule has 3 heterocycles. The van der Waals surface area contributed by atoms with Gasteiger partial charge in [0, 0.05) is 17.1 Å². The zero-order valence-electron chi connectivity index (χ0n) is 14.6. The van der Waals surface area contributed by atoms with Gasteiger partial charge in [0.25, 0.3) is 0 Å². The molecule has 2 N–H and O–H groups in total. The van der Waals surface area contributed by atoms with Crippen molar-refractivity contribution in [3.63, 3.8) is 0 Å². The standard InChI is InChI=1S/C21H13N5OS/c22-10-16-19(15-7-8-25-18-6-2-1-5-14(15)18)17(11-23)21(26-20(16)24)28-12-13-4-3-9-27-13/h1-9H,12H2,(H2,24,26). The molecule has 28 heavy (non-hydrogen) atoms. The van der Waals surface area contributed by atoms with Crippen LogP contribution < -0.4 is 5.73 Å². The number of nitrogens with zero attached hydrogens (tertiary/aromatic N) is 4. The number of pyridine rings is 2. The third-order valence-corrected chi connectivity index (χ3v) is 5.26. The molecule has 0 aliphatic heterocycles. The Bertz CT molecular complexity index is 1250. The zero-order valence-corrected chi connectivity index (χ0v) is 15.4. The molecule has 0 spiro atoms. The van der Waals surface area contributed by atoms with Gasteiger partial charge < -0.3 is 10.2 Å². The Labute approximate surface area is 165 Å². The van der Waals surface area contributed by atoms with Gasteiger partial charge in [-0.1, -0.05) is 30.0 Å². The van der Waals surface area contributed by atoms with E-state index in [-0.39, 0.29) is 11.4 Å². The van der Waals surface area contributed by atoms with Crippen molar-refractivity contribution < 1.29 is 4.42 Å². The van der Waals surface area contributed by atoms with Crippen LogP contribution in [0.25, 0.3) is 22.0 Å². The van der Waals surface area contributed by atoms with Crippen molar-refractivity contribution >= 4 is 28.5 Å². The molecule has 0 aliphatic rings. The molecule has 4 aromatic rings. The second kappa shape index (κ2) is 7.43. The van der Waals surface area contributed by atoms with Gasteiger partial charge >= 0.3 is 0 Å². The summed E-state index contributed by atoms with van der Waals surface area (Å²) in [5.41, 5.74) is 8.58. The number of benzene rings is 1. The van der Waals surface area contributed by atoms with Gasteiger partial charge in [0.15, 0.2) is 0 Å². The average Bonchev–Trinajstić information content (AvgIpc) is 3.25. The third kappa shape index (κ3) is 3.05. The maximum atomic E-state index is 9.91. The van der Waals surface area contributed by atoms with Crippen LogP contribution in [0.2, 0.25) is 0 Å². The maximum Gasteiger partial charge on any atom is 0.143 e. The molecule has 0 aliphatic carbocycles. The van der Waals surface area contributed by atoms with Crippen LogP contribution in [0.3, 0.4) is 0 Å². The molecule has 0 saturated carbocycles. The van der Waals surface area contributed by atoms with E-state index in [1.165, 1.54) is 11.8 Å². The second-order valence-electron chi connectivity index (χ2n) is 5.89. The molecule has 0 saturated heterocycles. The first-order chi connectivity index (χ1) is 13.7. The van der Waals surface area contributed by atoms with Crippen LogP contribution in [0, 0.1) is 22.7 Å². The Hall–Kier alpha value is -3.81. The fourth-order valence-corrected chi connectivity index (χ4v) is 3.92. The lowest BCUT2D eigenvalue weighted by atomic mass is 9.94. The van der Waals surface area contributed by atoms with Gasteiger partial charge in [-0.05, 0) is 29.8 Å². The Kier molecular flexibility index (Phi) is 4.67. The molecular weight excluding hydrogens is 370 g/mol. The Balaban J connectivity index is 1.95. The van der Waals surface area contributed by atoms with Gasteiger partial charge in [-0.15, -0.1) is 0 Å². The van der Waals surface area contributed by atoms with Crippen molar-refractivity contribution in [2.24, 2.45) is 0 Å². The molecule has 6 nitrogen and oxygen atoms in total. The highest BCUT2D eigenvalue weighted by molar-refractivity contribution is 7.98. The van der Waals surface area contributed by atoms with Crippen LogP contribution >= 0.6 is 11.8 Å². The van der Waals surface area contributed by atoms with Crippen molar-refractivity contribution in [1.82, 2.24) is 9.97 Å². The molecule has 7 heteroatoms. The molecule has 0 atom stereocenters. The number of nitrogens with two attached hydrogens (primary N) is 1. The Morgan fingerprint density at radius 1 is 1.04 bits per heavy atom. The molecule has 4 rings (SSSR count). The summed E-state index contributed by atoms with van der Waals surface area (Å²) >= 11 is 1.34. The first kappa shape index (κ1) is 17.6. The summed E-state index contributed by atoms with van der Waals surface area (Å²) in [6.45, 7) is 0. The van der Waals surface area contributed by atoms with Crippen molar-refractivity contribution in [3.05, 3.63) is 71.8 Å². The van der Waals surface area contributed by atoms with E-state index in [4.69, 9.17) is 10.2 Å². The van der Waals surface area contributed by atoms with Gasteiger partial charge in [0.05, 0.1) is 23.1 Å². The van der Waals surface area contributed by atoms with Crippen molar-refractivity contribution in [2.45, 2.75) is 10.8 Å². The molecule has 0 radical (unpaired) electrons. The first-order valence-electron chi connectivity index (χ1n) is 8.36. The molecule has 3 aromatic heterocycles. The van der Waals surface area contributed by atoms with E-state index in [0.29, 0.717) is 21.9 Å². The Morgan fingerprint density at radius 2 is 1.86 bits per heavy atom. The van der Waals surface area contributed by atoms with Crippen LogP contribution in [0.4, 0.5) is 5.82 Å². The van der Waals surface area contributed by atoms with E-state index in [1.807, 2.05) is 30.3 Å². The normalized spacial score (nSPS) is 10.5. The lowest BCUT2D eigenvalue weighted by Gasteiger charge is -2.14. The van der Waals surface area contributed by atoms with Gasteiger partial charge in [0.2, 0.25) is 0 Å². The minimum absolute atomic E-state index is 0.0966. The quantitative estimate of drug-likeness (QED) is 0.516. The Morgan fingerprint density at radius 3 is 2.61 bits per heavy atom. The fraction of sp³-hybridized carbons (Fsp3) is 0.0476. The minimum Gasteiger partial charge on any atom is -0.468 e. The largest absolute Gasteiger partial charge is 0.468 e. The zero-order chi connectivity index (χ0) is 19.5. The summed E-state index contributed by atoms with van der Waals surface area (Å²) in [5.74, 6) is 1.35. The fourth-order valence-electron chi connectivity index (χ4n) is 3.02.